The maximum Gasteiger partial charge on any atom is 0.253 e. The smallest absolute Gasteiger partial charge is 0.253 e. The molecule has 0 spiro atoms. The summed E-state index contributed by atoms with van der Waals surface area (Å²) in [7, 11) is 0. The molecule has 1 aliphatic heterocycles. The molecule has 1 aromatic carbocycles. The van der Waals surface area contributed by atoms with Gasteiger partial charge < -0.3 is 19.1 Å². The molecule has 0 radical (unpaired) electrons. The fourth-order valence-electron chi connectivity index (χ4n) is 2.99. The predicted octanol–water partition coefficient (Wildman–Crippen LogP) is 1.71. The SMILES string of the molecule is Cc1nc(COc2ccc(C(=O)N3CCN(c4ncccn4)CC3)cc2)no1. The van der Waals surface area contributed by atoms with Gasteiger partial charge in [-0.25, -0.2) is 9.97 Å². The Labute approximate surface area is 162 Å². The van der Waals surface area contributed by atoms with E-state index in [9.17, 15) is 4.79 Å². The maximum absolute atomic E-state index is 12.7. The lowest BCUT2D eigenvalue weighted by molar-refractivity contribution is 0.0746. The zero-order chi connectivity index (χ0) is 19.3. The second-order valence-corrected chi connectivity index (χ2v) is 6.37. The van der Waals surface area contributed by atoms with Crippen LogP contribution in [0.5, 0.6) is 5.75 Å². The highest BCUT2D eigenvalue weighted by atomic mass is 16.5. The zero-order valence-electron chi connectivity index (χ0n) is 15.5. The average Bonchev–Trinajstić information content (AvgIpc) is 3.18. The average molecular weight is 380 g/mol. The van der Waals surface area contributed by atoms with Gasteiger partial charge in [-0.05, 0) is 30.3 Å². The third kappa shape index (κ3) is 4.08. The van der Waals surface area contributed by atoms with Crippen molar-refractivity contribution < 1.29 is 14.1 Å². The van der Waals surface area contributed by atoms with Crippen molar-refractivity contribution in [3.05, 3.63) is 60.0 Å². The number of rotatable bonds is 5. The summed E-state index contributed by atoms with van der Waals surface area (Å²) in [6.07, 6.45) is 3.45. The molecule has 0 N–H and O–H groups in total. The first-order valence-electron chi connectivity index (χ1n) is 9.02. The van der Waals surface area contributed by atoms with Crippen molar-refractivity contribution in [2.24, 2.45) is 0 Å². The van der Waals surface area contributed by atoms with Crippen LogP contribution in [-0.2, 0) is 6.61 Å². The van der Waals surface area contributed by atoms with Crippen LogP contribution in [0.1, 0.15) is 22.1 Å². The first kappa shape index (κ1) is 17.9. The summed E-state index contributed by atoms with van der Waals surface area (Å²) in [6.45, 7) is 4.62. The molecule has 1 saturated heterocycles. The van der Waals surface area contributed by atoms with Crippen LogP contribution in [-0.4, -0.2) is 57.1 Å². The monoisotopic (exact) mass is 380 g/mol. The molecule has 1 aliphatic rings. The lowest BCUT2D eigenvalue weighted by atomic mass is 10.1. The van der Waals surface area contributed by atoms with E-state index in [1.165, 1.54) is 0 Å². The molecule has 9 nitrogen and oxygen atoms in total. The number of benzene rings is 1. The van der Waals surface area contributed by atoms with Crippen molar-refractivity contribution in [2.45, 2.75) is 13.5 Å². The van der Waals surface area contributed by atoms with Crippen LogP contribution in [0.25, 0.3) is 0 Å². The Hall–Kier alpha value is -3.49. The van der Waals surface area contributed by atoms with Gasteiger partial charge >= 0.3 is 0 Å². The first-order chi connectivity index (χ1) is 13.7. The number of hydrogen-bond donors (Lipinski definition) is 0. The lowest BCUT2D eigenvalue weighted by Gasteiger charge is -2.34. The highest BCUT2D eigenvalue weighted by molar-refractivity contribution is 5.94. The van der Waals surface area contributed by atoms with Crippen LogP contribution in [0.3, 0.4) is 0 Å². The van der Waals surface area contributed by atoms with Gasteiger partial charge in [0.2, 0.25) is 17.7 Å². The van der Waals surface area contributed by atoms with Crippen molar-refractivity contribution in [3.8, 4) is 5.75 Å². The van der Waals surface area contributed by atoms with E-state index >= 15 is 0 Å². The second-order valence-electron chi connectivity index (χ2n) is 6.37. The number of ether oxygens (including phenoxy) is 1. The minimum absolute atomic E-state index is 0.00831. The van der Waals surface area contributed by atoms with E-state index in [4.69, 9.17) is 9.26 Å². The van der Waals surface area contributed by atoms with Gasteiger partial charge in [-0.2, -0.15) is 4.98 Å². The highest BCUT2D eigenvalue weighted by Crippen LogP contribution is 2.17. The molecular weight excluding hydrogens is 360 g/mol. The van der Waals surface area contributed by atoms with E-state index in [2.05, 4.69) is 25.0 Å². The molecule has 0 aliphatic carbocycles. The fourth-order valence-corrected chi connectivity index (χ4v) is 2.99. The maximum atomic E-state index is 12.7. The number of amides is 1. The summed E-state index contributed by atoms with van der Waals surface area (Å²) < 4.78 is 10.5. The minimum Gasteiger partial charge on any atom is -0.485 e. The van der Waals surface area contributed by atoms with Crippen LogP contribution in [0.2, 0.25) is 0 Å². The number of anilines is 1. The third-order valence-electron chi connectivity index (χ3n) is 4.44. The number of hydrogen-bond acceptors (Lipinski definition) is 8. The summed E-state index contributed by atoms with van der Waals surface area (Å²) in [4.78, 5) is 29.3. The predicted molar refractivity (Wildman–Crippen MR) is 100.0 cm³/mol. The summed E-state index contributed by atoms with van der Waals surface area (Å²) in [5, 5.41) is 3.78. The number of piperazine rings is 1. The van der Waals surface area contributed by atoms with Gasteiger partial charge in [0.1, 0.15) is 5.75 Å². The Balaban J connectivity index is 1.31. The Morgan fingerprint density at radius 2 is 1.82 bits per heavy atom. The van der Waals surface area contributed by atoms with Crippen molar-refractivity contribution in [1.29, 1.82) is 0 Å². The van der Waals surface area contributed by atoms with Gasteiger partial charge in [-0.3, -0.25) is 4.79 Å². The molecule has 1 amide bonds. The molecular formula is C19H20N6O3. The fraction of sp³-hybridized carbons (Fsp3) is 0.316. The lowest BCUT2D eigenvalue weighted by Crippen LogP contribution is -2.49. The summed E-state index contributed by atoms with van der Waals surface area (Å²) >= 11 is 0. The van der Waals surface area contributed by atoms with Crippen LogP contribution in [0, 0.1) is 6.92 Å². The molecule has 0 atom stereocenters. The Bertz CT molecular complexity index is 920. The second kappa shape index (κ2) is 8.03. The van der Waals surface area contributed by atoms with Crippen LogP contribution < -0.4 is 9.64 Å². The Kier molecular flexibility index (Phi) is 5.14. The Morgan fingerprint density at radius 1 is 1.11 bits per heavy atom. The van der Waals surface area contributed by atoms with E-state index in [0.29, 0.717) is 55.2 Å². The molecule has 1 fully saturated rings. The summed E-state index contributed by atoms with van der Waals surface area (Å²) in [5.41, 5.74) is 0.632. The van der Waals surface area contributed by atoms with Gasteiger partial charge in [-0.15, -0.1) is 0 Å². The zero-order valence-corrected chi connectivity index (χ0v) is 15.5. The van der Waals surface area contributed by atoms with E-state index in [0.717, 1.165) is 0 Å². The molecule has 3 aromatic rings. The third-order valence-corrected chi connectivity index (χ3v) is 4.44. The van der Waals surface area contributed by atoms with E-state index in [1.807, 2.05) is 4.90 Å². The quantitative estimate of drug-likeness (QED) is 0.660. The highest BCUT2D eigenvalue weighted by Gasteiger charge is 2.23. The molecule has 28 heavy (non-hydrogen) atoms. The van der Waals surface area contributed by atoms with E-state index in [-0.39, 0.29) is 12.5 Å². The van der Waals surface area contributed by atoms with Gasteiger partial charge in [0, 0.05) is 51.1 Å². The first-order valence-corrected chi connectivity index (χ1v) is 9.02. The van der Waals surface area contributed by atoms with Gasteiger partial charge in [-0.1, -0.05) is 5.16 Å². The molecule has 0 unspecified atom stereocenters. The standard InChI is InChI=1S/C19H20N6O3/c1-14-22-17(23-28-14)13-27-16-5-3-15(4-6-16)18(26)24-9-11-25(12-10-24)19-20-7-2-8-21-19/h2-8H,9-13H2,1H3. The normalized spacial score (nSPS) is 14.2. The van der Waals surface area contributed by atoms with Gasteiger partial charge in [0.25, 0.3) is 5.91 Å². The number of aryl methyl sites for hydroxylation is 1. The van der Waals surface area contributed by atoms with Crippen molar-refractivity contribution in [2.75, 3.05) is 31.1 Å². The Morgan fingerprint density at radius 3 is 2.46 bits per heavy atom. The van der Waals surface area contributed by atoms with Gasteiger partial charge in [0.05, 0.1) is 0 Å². The van der Waals surface area contributed by atoms with Crippen molar-refractivity contribution >= 4 is 11.9 Å². The molecule has 144 valence electrons. The summed E-state index contributed by atoms with van der Waals surface area (Å²) in [5.74, 6) is 2.34. The molecule has 2 aromatic heterocycles. The molecule has 0 saturated carbocycles. The number of nitrogens with zero attached hydrogens (tertiary/aromatic N) is 6. The van der Waals surface area contributed by atoms with Gasteiger partial charge in [0.15, 0.2) is 6.61 Å². The largest absolute Gasteiger partial charge is 0.485 e. The van der Waals surface area contributed by atoms with Crippen molar-refractivity contribution in [3.63, 3.8) is 0 Å². The topological polar surface area (TPSA) is 97.5 Å². The molecule has 9 heteroatoms. The van der Waals surface area contributed by atoms with Crippen LogP contribution in [0.15, 0.2) is 47.2 Å². The van der Waals surface area contributed by atoms with Crippen LogP contribution in [0.4, 0.5) is 5.95 Å². The minimum atomic E-state index is 0.00831. The van der Waals surface area contributed by atoms with Crippen molar-refractivity contribution in [1.82, 2.24) is 25.0 Å². The number of aromatic nitrogens is 4. The van der Waals surface area contributed by atoms with E-state index < -0.39 is 0 Å². The molecule has 0 bridgehead atoms. The number of carbonyl (C=O) groups excluding carboxylic acids is 1. The van der Waals surface area contributed by atoms with E-state index in [1.54, 1.807) is 49.6 Å². The van der Waals surface area contributed by atoms with Crippen LogP contribution >= 0.6 is 0 Å². The molecule has 3 heterocycles. The summed E-state index contributed by atoms with van der Waals surface area (Å²) in [6, 6.07) is 8.88. The number of carbonyl (C=O) groups is 1. The molecule has 4 rings (SSSR count).